The van der Waals surface area contributed by atoms with Crippen LogP contribution in [0.1, 0.15) is 55.8 Å². The van der Waals surface area contributed by atoms with Crippen LogP contribution in [-0.4, -0.2) is 19.9 Å². The summed E-state index contributed by atoms with van der Waals surface area (Å²) in [6.07, 6.45) is 10.0. The quantitative estimate of drug-likeness (QED) is 0.499. The predicted molar refractivity (Wildman–Crippen MR) is 109 cm³/mol. The number of H-pyrrole nitrogens is 1. The van der Waals surface area contributed by atoms with Crippen LogP contribution >= 0.6 is 0 Å². The Morgan fingerprint density at radius 1 is 1.04 bits per heavy atom. The van der Waals surface area contributed by atoms with Gasteiger partial charge in [0.1, 0.15) is 17.2 Å². The van der Waals surface area contributed by atoms with E-state index in [1.54, 1.807) is 18.3 Å². The molecule has 0 spiro atoms. The average Bonchev–Trinajstić information content (AvgIpc) is 3.17. The van der Waals surface area contributed by atoms with Gasteiger partial charge in [-0.1, -0.05) is 6.92 Å². The number of aromatic nitrogens is 4. The van der Waals surface area contributed by atoms with Crippen LogP contribution in [0.4, 0.5) is 4.39 Å². The summed E-state index contributed by atoms with van der Waals surface area (Å²) in [6, 6.07) is 8.94. The van der Waals surface area contributed by atoms with Crippen LogP contribution in [0.25, 0.3) is 21.9 Å². The summed E-state index contributed by atoms with van der Waals surface area (Å²) in [6.45, 7) is 2.27. The van der Waals surface area contributed by atoms with E-state index in [0.29, 0.717) is 17.8 Å². The summed E-state index contributed by atoms with van der Waals surface area (Å²) in [7, 11) is 0. The maximum absolute atomic E-state index is 13.8. The maximum atomic E-state index is 13.8. The van der Waals surface area contributed by atoms with E-state index in [1.165, 1.54) is 11.6 Å². The van der Waals surface area contributed by atoms with Crippen molar-refractivity contribution in [3.63, 3.8) is 0 Å². The first-order valence-electron chi connectivity index (χ1n) is 10.0. The zero-order valence-corrected chi connectivity index (χ0v) is 15.9. The Kier molecular flexibility index (Phi) is 4.30. The molecule has 4 aromatic rings. The lowest BCUT2D eigenvalue weighted by molar-refractivity contribution is 0.286. The van der Waals surface area contributed by atoms with Gasteiger partial charge in [-0.15, -0.1) is 0 Å². The molecule has 5 rings (SSSR count). The third-order valence-corrected chi connectivity index (χ3v) is 6.39. The van der Waals surface area contributed by atoms with Crippen molar-refractivity contribution in [3.05, 3.63) is 66.1 Å². The van der Waals surface area contributed by atoms with Crippen LogP contribution in [0.15, 0.2) is 48.9 Å². The Bertz CT molecular complexity index is 1090. The number of rotatable bonds is 3. The first-order valence-corrected chi connectivity index (χ1v) is 10.0. The molecule has 0 aliphatic heterocycles. The lowest BCUT2D eigenvalue weighted by atomic mass is 9.73. The maximum Gasteiger partial charge on any atom is 0.123 e. The number of pyridine rings is 2. The van der Waals surface area contributed by atoms with Gasteiger partial charge in [0.2, 0.25) is 0 Å². The third-order valence-electron chi connectivity index (χ3n) is 6.39. The molecule has 4 nitrogen and oxygen atoms in total. The fourth-order valence-corrected chi connectivity index (χ4v) is 4.74. The van der Waals surface area contributed by atoms with Gasteiger partial charge in [-0.2, -0.15) is 0 Å². The van der Waals surface area contributed by atoms with Gasteiger partial charge >= 0.3 is 0 Å². The molecule has 0 amide bonds. The van der Waals surface area contributed by atoms with E-state index in [1.807, 2.05) is 18.5 Å². The van der Waals surface area contributed by atoms with Crippen LogP contribution in [0.5, 0.6) is 0 Å². The predicted octanol–water partition coefficient (Wildman–Crippen LogP) is 5.72. The molecule has 1 aromatic carbocycles. The van der Waals surface area contributed by atoms with Gasteiger partial charge in [-0.25, -0.2) is 9.37 Å². The van der Waals surface area contributed by atoms with Gasteiger partial charge in [0, 0.05) is 23.7 Å². The van der Waals surface area contributed by atoms with Crippen molar-refractivity contribution in [2.45, 2.75) is 44.4 Å². The number of fused-ring (bicyclic) bond motifs is 2. The SMILES string of the molecule is CC(c1nc2cnccc2[nH]1)[C@H]1CC[C@@H](c2ccnc3ccc(F)cc32)CC1. The molecule has 5 heteroatoms. The molecule has 1 fully saturated rings. The van der Waals surface area contributed by atoms with Crippen molar-refractivity contribution in [2.24, 2.45) is 5.92 Å². The van der Waals surface area contributed by atoms with Gasteiger partial charge in [0.25, 0.3) is 0 Å². The first kappa shape index (κ1) is 17.3. The van der Waals surface area contributed by atoms with Gasteiger partial charge in [-0.3, -0.25) is 9.97 Å². The van der Waals surface area contributed by atoms with Gasteiger partial charge < -0.3 is 4.98 Å². The first-order chi connectivity index (χ1) is 13.7. The lowest BCUT2D eigenvalue weighted by Gasteiger charge is -2.32. The van der Waals surface area contributed by atoms with Crippen molar-refractivity contribution < 1.29 is 4.39 Å². The number of nitrogens with one attached hydrogen (secondary N) is 1. The second-order valence-corrected chi connectivity index (χ2v) is 7.98. The fraction of sp³-hybridized carbons (Fsp3) is 0.348. The molecule has 0 saturated heterocycles. The van der Waals surface area contributed by atoms with E-state index in [-0.39, 0.29) is 5.82 Å². The fourth-order valence-electron chi connectivity index (χ4n) is 4.74. The highest BCUT2D eigenvalue weighted by atomic mass is 19.1. The van der Waals surface area contributed by atoms with E-state index >= 15 is 0 Å². The van der Waals surface area contributed by atoms with E-state index in [0.717, 1.165) is 53.4 Å². The summed E-state index contributed by atoms with van der Waals surface area (Å²) in [4.78, 5) is 16.8. The Labute approximate surface area is 163 Å². The van der Waals surface area contributed by atoms with E-state index in [4.69, 9.17) is 4.98 Å². The Balaban J connectivity index is 1.34. The second kappa shape index (κ2) is 6.97. The van der Waals surface area contributed by atoms with Crippen molar-refractivity contribution >= 4 is 21.9 Å². The molecule has 1 atom stereocenters. The van der Waals surface area contributed by atoms with Crippen molar-refractivity contribution in [2.75, 3.05) is 0 Å². The zero-order valence-electron chi connectivity index (χ0n) is 15.9. The van der Waals surface area contributed by atoms with Crippen LogP contribution in [0, 0.1) is 11.7 Å². The average molecular weight is 374 g/mol. The standard InChI is InChI=1S/C23H23FN4/c1-14(23-27-21-9-10-25-13-22(21)28-23)15-2-4-16(5-3-15)18-8-11-26-20-7-6-17(24)12-19(18)20/h6-16H,2-5H2,1H3,(H,27,28)/t14?,15-,16+. The molecular weight excluding hydrogens is 351 g/mol. The monoisotopic (exact) mass is 374 g/mol. The Morgan fingerprint density at radius 3 is 2.71 bits per heavy atom. The molecule has 1 N–H and O–H groups in total. The molecule has 28 heavy (non-hydrogen) atoms. The Morgan fingerprint density at radius 2 is 1.89 bits per heavy atom. The zero-order chi connectivity index (χ0) is 19.1. The molecule has 142 valence electrons. The number of halogens is 1. The molecule has 1 unspecified atom stereocenters. The van der Waals surface area contributed by atoms with E-state index < -0.39 is 0 Å². The molecule has 0 bridgehead atoms. The van der Waals surface area contributed by atoms with Crippen LogP contribution in [0.3, 0.4) is 0 Å². The van der Waals surface area contributed by atoms with Gasteiger partial charge in [-0.05, 0) is 73.4 Å². The topological polar surface area (TPSA) is 54.5 Å². The number of hydrogen-bond donors (Lipinski definition) is 1. The number of aromatic amines is 1. The molecule has 1 aliphatic rings. The molecule has 3 heterocycles. The molecule has 1 aliphatic carbocycles. The van der Waals surface area contributed by atoms with Crippen molar-refractivity contribution in [1.29, 1.82) is 0 Å². The van der Waals surface area contributed by atoms with Crippen LogP contribution < -0.4 is 0 Å². The van der Waals surface area contributed by atoms with Gasteiger partial charge in [0.15, 0.2) is 0 Å². The van der Waals surface area contributed by atoms with Crippen LogP contribution in [0.2, 0.25) is 0 Å². The smallest absolute Gasteiger partial charge is 0.123 e. The summed E-state index contributed by atoms with van der Waals surface area (Å²) >= 11 is 0. The van der Waals surface area contributed by atoms with Crippen molar-refractivity contribution in [1.82, 2.24) is 19.9 Å². The van der Waals surface area contributed by atoms with Crippen molar-refractivity contribution in [3.8, 4) is 0 Å². The highest BCUT2D eigenvalue weighted by molar-refractivity contribution is 5.82. The number of imidazole rings is 1. The number of nitrogens with zero attached hydrogens (tertiary/aromatic N) is 3. The van der Waals surface area contributed by atoms with E-state index in [2.05, 4.69) is 27.9 Å². The number of hydrogen-bond acceptors (Lipinski definition) is 3. The highest BCUT2D eigenvalue weighted by Gasteiger charge is 2.29. The minimum absolute atomic E-state index is 0.191. The summed E-state index contributed by atoms with van der Waals surface area (Å²) < 4.78 is 13.8. The van der Waals surface area contributed by atoms with Gasteiger partial charge in [0.05, 0.1) is 17.2 Å². The van der Waals surface area contributed by atoms with Crippen LogP contribution in [-0.2, 0) is 0 Å². The third kappa shape index (κ3) is 3.05. The lowest BCUT2D eigenvalue weighted by Crippen LogP contribution is -2.19. The minimum Gasteiger partial charge on any atom is -0.342 e. The summed E-state index contributed by atoms with van der Waals surface area (Å²) in [5, 5.41) is 0.962. The minimum atomic E-state index is -0.191. The number of benzene rings is 1. The Hall–Kier alpha value is -2.82. The highest BCUT2D eigenvalue weighted by Crippen LogP contribution is 2.42. The summed E-state index contributed by atoms with van der Waals surface area (Å²) in [5.41, 5.74) is 4.11. The molecular formula is C23H23FN4. The normalized spacial score (nSPS) is 21.2. The second-order valence-electron chi connectivity index (χ2n) is 7.98. The molecule has 1 saturated carbocycles. The molecule has 0 radical (unpaired) electrons. The molecule has 3 aromatic heterocycles. The largest absolute Gasteiger partial charge is 0.342 e. The summed E-state index contributed by atoms with van der Waals surface area (Å²) in [5.74, 6) is 2.33. The van der Waals surface area contributed by atoms with E-state index in [9.17, 15) is 4.39 Å².